The highest BCUT2D eigenvalue weighted by Gasteiger charge is 2.24. The molecule has 1 aromatic heterocycles. The van der Waals surface area contributed by atoms with Gasteiger partial charge in [0, 0.05) is 46.5 Å². The average Bonchev–Trinajstić information content (AvgIpc) is 2.88. The van der Waals surface area contributed by atoms with Gasteiger partial charge in [0.25, 0.3) is 0 Å². The van der Waals surface area contributed by atoms with Crippen LogP contribution in [-0.4, -0.2) is 66.2 Å². The number of hydrogen-bond donors (Lipinski definition) is 1. The molecule has 1 aliphatic rings. The predicted octanol–water partition coefficient (Wildman–Crippen LogP) is 1.76. The number of esters is 1. The van der Waals surface area contributed by atoms with Gasteiger partial charge in [-0.15, -0.1) is 0 Å². The van der Waals surface area contributed by atoms with Crippen LogP contribution in [0.4, 0.5) is 10.5 Å². The van der Waals surface area contributed by atoms with Gasteiger partial charge in [-0.2, -0.15) is 0 Å². The summed E-state index contributed by atoms with van der Waals surface area (Å²) in [6.45, 7) is 3.65. The summed E-state index contributed by atoms with van der Waals surface area (Å²) < 4.78 is 6.81. The third kappa shape index (κ3) is 4.18. The van der Waals surface area contributed by atoms with Gasteiger partial charge in [0.1, 0.15) is 5.69 Å². The molecule has 1 fully saturated rings. The van der Waals surface area contributed by atoms with Crippen LogP contribution in [0, 0.1) is 0 Å². The number of piperidine rings is 1. The quantitative estimate of drug-likeness (QED) is 0.858. The number of nitrogens with zero attached hydrogens (tertiary/aromatic N) is 3. The van der Waals surface area contributed by atoms with E-state index in [-0.39, 0.29) is 12.0 Å². The van der Waals surface area contributed by atoms with E-state index in [2.05, 4.69) is 5.32 Å². The van der Waals surface area contributed by atoms with Gasteiger partial charge in [0.05, 0.1) is 12.3 Å². The van der Waals surface area contributed by atoms with Crippen LogP contribution in [0.2, 0.25) is 0 Å². The zero-order valence-electron chi connectivity index (χ0n) is 14.3. The first-order chi connectivity index (χ1) is 10.9. The van der Waals surface area contributed by atoms with Gasteiger partial charge in [-0.1, -0.05) is 0 Å². The standard InChI is InChI=1S/C16H26N4O3/c1-5-23-15(21)14-10-13(11-19(14)4)17-12-6-8-20(9-7-12)16(22)18(2)3/h10-12,17H,5-9H2,1-4H3. The van der Waals surface area contributed by atoms with Gasteiger partial charge < -0.3 is 24.4 Å². The molecule has 0 radical (unpaired) electrons. The number of anilines is 1. The Bertz CT molecular complexity index is 560. The number of ether oxygens (including phenoxy) is 1. The number of amides is 2. The van der Waals surface area contributed by atoms with E-state index in [1.54, 1.807) is 30.5 Å². The van der Waals surface area contributed by atoms with Crippen molar-refractivity contribution in [2.45, 2.75) is 25.8 Å². The molecule has 0 spiro atoms. The lowest BCUT2D eigenvalue weighted by atomic mass is 10.1. The molecule has 2 rings (SSSR count). The van der Waals surface area contributed by atoms with Crippen molar-refractivity contribution in [2.24, 2.45) is 7.05 Å². The molecule has 0 saturated carbocycles. The van der Waals surface area contributed by atoms with Gasteiger partial charge in [-0.3, -0.25) is 0 Å². The van der Waals surface area contributed by atoms with E-state index >= 15 is 0 Å². The first-order valence-corrected chi connectivity index (χ1v) is 7.98. The van der Waals surface area contributed by atoms with E-state index in [0.717, 1.165) is 31.6 Å². The Morgan fingerprint density at radius 2 is 2.00 bits per heavy atom. The molecule has 0 aromatic carbocycles. The van der Waals surface area contributed by atoms with E-state index < -0.39 is 0 Å². The van der Waals surface area contributed by atoms with E-state index in [1.165, 1.54) is 0 Å². The zero-order valence-corrected chi connectivity index (χ0v) is 14.3. The van der Waals surface area contributed by atoms with Crippen molar-refractivity contribution >= 4 is 17.7 Å². The van der Waals surface area contributed by atoms with Crippen LogP contribution in [0.3, 0.4) is 0 Å². The van der Waals surface area contributed by atoms with Crippen LogP contribution in [0.1, 0.15) is 30.3 Å². The maximum absolute atomic E-state index is 11.9. The van der Waals surface area contributed by atoms with Crippen molar-refractivity contribution in [3.05, 3.63) is 18.0 Å². The molecule has 23 heavy (non-hydrogen) atoms. The molecule has 2 heterocycles. The summed E-state index contributed by atoms with van der Waals surface area (Å²) in [5.74, 6) is -0.311. The number of carbonyl (C=O) groups is 2. The number of aryl methyl sites for hydroxylation is 1. The van der Waals surface area contributed by atoms with Crippen LogP contribution in [-0.2, 0) is 11.8 Å². The Morgan fingerprint density at radius 1 is 1.35 bits per heavy atom. The molecule has 1 N–H and O–H groups in total. The van der Waals surface area contributed by atoms with Gasteiger partial charge in [0.2, 0.25) is 0 Å². The second-order valence-corrected chi connectivity index (χ2v) is 6.03. The zero-order chi connectivity index (χ0) is 17.0. The highest BCUT2D eigenvalue weighted by atomic mass is 16.5. The number of aromatic nitrogens is 1. The maximum Gasteiger partial charge on any atom is 0.355 e. The van der Waals surface area contributed by atoms with Gasteiger partial charge in [-0.05, 0) is 25.8 Å². The molecule has 1 aliphatic heterocycles. The van der Waals surface area contributed by atoms with Crippen molar-refractivity contribution < 1.29 is 14.3 Å². The normalized spacial score (nSPS) is 15.4. The average molecular weight is 322 g/mol. The topological polar surface area (TPSA) is 66.8 Å². The minimum atomic E-state index is -0.311. The smallest absolute Gasteiger partial charge is 0.355 e. The Labute approximate surface area is 137 Å². The summed E-state index contributed by atoms with van der Waals surface area (Å²) in [7, 11) is 5.37. The summed E-state index contributed by atoms with van der Waals surface area (Å²) in [5.41, 5.74) is 1.45. The van der Waals surface area contributed by atoms with E-state index in [0.29, 0.717) is 18.3 Å². The van der Waals surface area contributed by atoms with E-state index in [9.17, 15) is 9.59 Å². The Kier molecular flexibility index (Phi) is 5.52. The van der Waals surface area contributed by atoms with Crippen LogP contribution < -0.4 is 5.32 Å². The SMILES string of the molecule is CCOC(=O)c1cc(NC2CCN(C(=O)N(C)C)CC2)cn1C. The molecule has 1 aromatic rings. The number of nitrogens with one attached hydrogen (secondary N) is 1. The minimum absolute atomic E-state index is 0.0627. The fraction of sp³-hybridized carbons (Fsp3) is 0.625. The fourth-order valence-electron chi connectivity index (χ4n) is 2.79. The second-order valence-electron chi connectivity index (χ2n) is 6.03. The van der Waals surface area contributed by atoms with Crippen molar-refractivity contribution in [3.8, 4) is 0 Å². The molecule has 128 valence electrons. The first kappa shape index (κ1) is 17.2. The van der Waals surface area contributed by atoms with Crippen LogP contribution in [0.5, 0.6) is 0 Å². The third-order valence-corrected chi connectivity index (χ3v) is 4.01. The van der Waals surface area contributed by atoms with Crippen LogP contribution in [0.25, 0.3) is 0 Å². The van der Waals surface area contributed by atoms with Gasteiger partial charge in [0.15, 0.2) is 0 Å². The summed E-state index contributed by atoms with van der Waals surface area (Å²) in [4.78, 5) is 27.2. The molecular weight excluding hydrogens is 296 g/mol. The third-order valence-electron chi connectivity index (χ3n) is 4.01. The highest BCUT2D eigenvalue weighted by molar-refractivity contribution is 5.89. The van der Waals surface area contributed by atoms with Gasteiger partial charge in [-0.25, -0.2) is 9.59 Å². The molecule has 7 nitrogen and oxygen atoms in total. The summed E-state index contributed by atoms with van der Waals surface area (Å²) >= 11 is 0. The molecule has 0 unspecified atom stereocenters. The molecule has 0 bridgehead atoms. The van der Waals surface area contributed by atoms with Crippen molar-refractivity contribution in [1.82, 2.24) is 14.4 Å². The minimum Gasteiger partial charge on any atom is -0.461 e. The molecule has 2 amide bonds. The fourth-order valence-corrected chi connectivity index (χ4v) is 2.79. The molecule has 7 heteroatoms. The Balaban J connectivity index is 1.91. The highest BCUT2D eigenvalue weighted by Crippen LogP contribution is 2.20. The van der Waals surface area contributed by atoms with Crippen molar-refractivity contribution in [3.63, 3.8) is 0 Å². The van der Waals surface area contributed by atoms with Gasteiger partial charge >= 0.3 is 12.0 Å². The molecule has 0 atom stereocenters. The molecule has 1 saturated heterocycles. The number of carbonyl (C=O) groups excluding carboxylic acids is 2. The first-order valence-electron chi connectivity index (χ1n) is 7.98. The monoisotopic (exact) mass is 322 g/mol. The lowest BCUT2D eigenvalue weighted by Crippen LogP contribution is -2.46. The second kappa shape index (κ2) is 7.39. The number of hydrogen-bond acceptors (Lipinski definition) is 4. The summed E-state index contributed by atoms with van der Waals surface area (Å²) in [5, 5.41) is 3.45. The van der Waals surface area contributed by atoms with Crippen molar-refractivity contribution in [1.29, 1.82) is 0 Å². The summed E-state index contributed by atoms with van der Waals surface area (Å²) in [6, 6.07) is 2.18. The van der Waals surface area contributed by atoms with Crippen LogP contribution >= 0.6 is 0 Å². The van der Waals surface area contributed by atoms with E-state index in [4.69, 9.17) is 4.74 Å². The number of urea groups is 1. The summed E-state index contributed by atoms with van der Waals surface area (Å²) in [6.07, 6.45) is 3.68. The maximum atomic E-state index is 11.9. The Hall–Kier alpha value is -2.18. The predicted molar refractivity (Wildman–Crippen MR) is 88.7 cm³/mol. The number of likely N-dealkylation sites (tertiary alicyclic amines) is 1. The molecular formula is C16H26N4O3. The largest absolute Gasteiger partial charge is 0.461 e. The van der Waals surface area contributed by atoms with Crippen LogP contribution in [0.15, 0.2) is 12.3 Å². The number of rotatable bonds is 4. The van der Waals surface area contributed by atoms with Crippen molar-refractivity contribution in [2.75, 3.05) is 39.1 Å². The molecule has 0 aliphatic carbocycles. The lowest BCUT2D eigenvalue weighted by Gasteiger charge is -2.34. The lowest BCUT2D eigenvalue weighted by molar-refractivity contribution is 0.0515. The Morgan fingerprint density at radius 3 is 2.57 bits per heavy atom. The van der Waals surface area contributed by atoms with E-state index in [1.807, 2.05) is 24.2 Å².